The molecule has 1 fully saturated rings. The van der Waals surface area contributed by atoms with Crippen LogP contribution in [-0.4, -0.2) is 31.1 Å². The summed E-state index contributed by atoms with van der Waals surface area (Å²) in [5, 5.41) is 0. The smallest absolute Gasteiger partial charge is 0.119 e. The highest BCUT2D eigenvalue weighted by atomic mass is 16.5. The first kappa shape index (κ1) is 11.0. The fraction of sp³-hybridized carbons (Fsp3) is 0.429. The Hall–Kier alpha value is -1.46. The van der Waals surface area contributed by atoms with E-state index in [1.807, 2.05) is 24.3 Å². The van der Waals surface area contributed by atoms with Gasteiger partial charge in [-0.25, -0.2) is 0 Å². The van der Waals surface area contributed by atoms with Crippen molar-refractivity contribution in [1.29, 1.82) is 0 Å². The molecule has 1 aromatic rings. The quantitative estimate of drug-likeness (QED) is 0.701. The maximum Gasteiger partial charge on any atom is 0.119 e. The lowest BCUT2D eigenvalue weighted by Gasteiger charge is -2.29. The van der Waals surface area contributed by atoms with Crippen LogP contribution in [0.25, 0.3) is 0 Å². The molecule has 16 heavy (non-hydrogen) atoms. The molecule has 0 N–H and O–H groups in total. The molecular formula is C14H17NO. The van der Waals surface area contributed by atoms with Gasteiger partial charge in [-0.2, -0.15) is 0 Å². The average Bonchev–Trinajstić information content (AvgIpc) is 2.33. The van der Waals surface area contributed by atoms with Crippen molar-refractivity contribution in [1.82, 2.24) is 4.90 Å². The van der Waals surface area contributed by atoms with Crippen LogP contribution in [-0.2, 0) is 0 Å². The monoisotopic (exact) mass is 215 g/mol. The summed E-state index contributed by atoms with van der Waals surface area (Å²) >= 11 is 0. The number of terminal acetylenes is 1. The van der Waals surface area contributed by atoms with Crippen molar-refractivity contribution in [3.05, 3.63) is 29.8 Å². The van der Waals surface area contributed by atoms with Crippen LogP contribution in [0.5, 0.6) is 5.75 Å². The first-order valence-electron chi connectivity index (χ1n) is 5.70. The Kier molecular flexibility index (Phi) is 3.48. The molecule has 2 nitrogen and oxygen atoms in total. The largest absolute Gasteiger partial charge is 0.490 e. The van der Waals surface area contributed by atoms with Gasteiger partial charge >= 0.3 is 0 Å². The molecule has 1 saturated heterocycles. The fourth-order valence-electron chi connectivity index (χ4n) is 1.92. The first-order chi connectivity index (χ1) is 7.78. The van der Waals surface area contributed by atoms with Crippen molar-refractivity contribution in [2.75, 3.05) is 20.1 Å². The van der Waals surface area contributed by atoms with E-state index in [0.717, 1.165) is 37.2 Å². The van der Waals surface area contributed by atoms with Gasteiger partial charge < -0.3 is 9.64 Å². The van der Waals surface area contributed by atoms with Gasteiger partial charge in [0.15, 0.2) is 0 Å². The lowest BCUT2D eigenvalue weighted by atomic mass is 10.1. The van der Waals surface area contributed by atoms with Crippen LogP contribution in [0.4, 0.5) is 0 Å². The van der Waals surface area contributed by atoms with Gasteiger partial charge in [0.1, 0.15) is 11.9 Å². The second kappa shape index (κ2) is 5.05. The Bertz CT molecular complexity index is 369. The van der Waals surface area contributed by atoms with Crippen LogP contribution in [0.15, 0.2) is 24.3 Å². The van der Waals surface area contributed by atoms with Crippen LogP contribution in [0.1, 0.15) is 18.4 Å². The van der Waals surface area contributed by atoms with Gasteiger partial charge in [-0.3, -0.25) is 0 Å². The minimum atomic E-state index is 0.355. The molecule has 0 amide bonds. The van der Waals surface area contributed by atoms with Crippen LogP contribution >= 0.6 is 0 Å². The number of piperidine rings is 1. The summed E-state index contributed by atoms with van der Waals surface area (Å²) < 4.78 is 5.91. The van der Waals surface area contributed by atoms with Crippen molar-refractivity contribution >= 4 is 0 Å². The molecule has 1 aromatic carbocycles. The van der Waals surface area contributed by atoms with Crippen molar-refractivity contribution in [3.8, 4) is 18.1 Å². The molecule has 0 aromatic heterocycles. The van der Waals surface area contributed by atoms with E-state index < -0.39 is 0 Å². The molecule has 1 heterocycles. The molecule has 2 heteroatoms. The van der Waals surface area contributed by atoms with E-state index in [9.17, 15) is 0 Å². The van der Waals surface area contributed by atoms with Crippen LogP contribution < -0.4 is 4.74 Å². The van der Waals surface area contributed by atoms with Gasteiger partial charge in [-0.1, -0.05) is 5.92 Å². The van der Waals surface area contributed by atoms with E-state index in [0.29, 0.717) is 6.10 Å². The lowest BCUT2D eigenvalue weighted by molar-refractivity contribution is 0.114. The molecule has 0 saturated carbocycles. The van der Waals surface area contributed by atoms with Gasteiger partial charge in [-0.05, 0) is 44.2 Å². The second-order valence-corrected chi connectivity index (χ2v) is 4.29. The minimum absolute atomic E-state index is 0.355. The molecule has 0 atom stereocenters. The fourth-order valence-corrected chi connectivity index (χ4v) is 1.92. The van der Waals surface area contributed by atoms with Crippen molar-refractivity contribution in [3.63, 3.8) is 0 Å². The third-order valence-corrected chi connectivity index (χ3v) is 2.99. The SMILES string of the molecule is C#Cc1ccc(OC2CCN(C)CC2)cc1. The van der Waals surface area contributed by atoms with Crippen molar-refractivity contribution in [2.45, 2.75) is 18.9 Å². The third-order valence-electron chi connectivity index (χ3n) is 2.99. The van der Waals surface area contributed by atoms with Crippen molar-refractivity contribution in [2.24, 2.45) is 0 Å². The Morgan fingerprint density at radius 2 is 1.88 bits per heavy atom. The maximum atomic E-state index is 5.91. The first-order valence-corrected chi connectivity index (χ1v) is 5.70. The summed E-state index contributed by atoms with van der Waals surface area (Å²) in [6.07, 6.45) is 7.87. The number of likely N-dealkylation sites (tertiary alicyclic amines) is 1. The summed E-state index contributed by atoms with van der Waals surface area (Å²) in [4.78, 5) is 2.33. The minimum Gasteiger partial charge on any atom is -0.490 e. The van der Waals surface area contributed by atoms with Crippen LogP contribution in [0, 0.1) is 12.3 Å². The molecule has 1 aliphatic heterocycles. The van der Waals surface area contributed by atoms with Gasteiger partial charge in [0, 0.05) is 18.7 Å². The van der Waals surface area contributed by atoms with Gasteiger partial charge in [-0.15, -0.1) is 6.42 Å². The Labute approximate surface area is 97.2 Å². The highest BCUT2D eigenvalue weighted by molar-refractivity contribution is 5.36. The number of rotatable bonds is 2. The summed E-state index contributed by atoms with van der Waals surface area (Å²) in [5.74, 6) is 3.53. The molecule has 84 valence electrons. The molecular weight excluding hydrogens is 198 g/mol. The van der Waals surface area contributed by atoms with E-state index in [2.05, 4.69) is 17.9 Å². The predicted octanol–water partition coefficient (Wildman–Crippen LogP) is 2.14. The number of hydrogen-bond acceptors (Lipinski definition) is 2. The van der Waals surface area contributed by atoms with E-state index in [4.69, 9.17) is 11.2 Å². The van der Waals surface area contributed by atoms with E-state index >= 15 is 0 Å². The summed E-state index contributed by atoms with van der Waals surface area (Å²) in [5.41, 5.74) is 0.899. The zero-order valence-corrected chi connectivity index (χ0v) is 9.65. The van der Waals surface area contributed by atoms with E-state index in [1.165, 1.54) is 0 Å². The number of nitrogens with zero attached hydrogens (tertiary/aromatic N) is 1. The van der Waals surface area contributed by atoms with Gasteiger partial charge in [0.25, 0.3) is 0 Å². The van der Waals surface area contributed by atoms with Crippen LogP contribution in [0.3, 0.4) is 0 Å². The zero-order chi connectivity index (χ0) is 11.4. The summed E-state index contributed by atoms with van der Waals surface area (Å²) in [7, 11) is 2.15. The highest BCUT2D eigenvalue weighted by Crippen LogP contribution is 2.18. The highest BCUT2D eigenvalue weighted by Gasteiger charge is 2.17. The average molecular weight is 215 g/mol. The Morgan fingerprint density at radius 1 is 1.25 bits per heavy atom. The number of ether oxygens (including phenoxy) is 1. The Morgan fingerprint density at radius 3 is 2.44 bits per heavy atom. The van der Waals surface area contributed by atoms with E-state index in [1.54, 1.807) is 0 Å². The third kappa shape index (κ3) is 2.77. The summed E-state index contributed by atoms with van der Waals surface area (Å²) in [6.45, 7) is 2.24. The predicted molar refractivity (Wildman–Crippen MR) is 65.5 cm³/mol. The van der Waals surface area contributed by atoms with Crippen LogP contribution in [0.2, 0.25) is 0 Å². The molecule has 0 aliphatic carbocycles. The Balaban J connectivity index is 1.91. The summed E-state index contributed by atoms with van der Waals surface area (Å²) in [6, 6.07) is 7.75. The normalized spacial score (nSPS) is 18.0. The standard InChI is InChI=1S/C14H17NO/c1-3-12-4-6-13(7-5-12)16-14-8-10-15(2)11-9-14/h1,4-7,14H,8-11H2,2H3. The lowest BCUT2D eigenvalue weighted by Crippen LogP contribution is -2.35. The molecule has 0 radical (unpaired) electrons. The molecule has 2 rings (SSSR count). The number of benzene rings is 1. The second-order valence-electron chi connectivity index (χ2n) is 4.29. The maximum absolute atomic E-state index is 5.91. The molecule has 1 aliphatic rings. The molecule has 0 spiro atoms. The molecule has 0 bridgehead atoms. The van der Waals surface area contributed by atoms with Gasteiger partial charge in [0.05, 0.1) is 0 Å². The topological polar surface area (TPSA) is 12.5 Å². The van der Waals surface area contributed by atoms with Crippen molar-refractivity contribution < 1.29 is 4.74 Å². The van der Waals surface area contributed by atoms with Gasteiger partial charge in [0.2, 0.25) is 0 Å². The van der Waals surface area contributed by atoms with E-state index in [-0.39, 0.29) is 0 Å². The number of hydrogen-bond donors (Lipinski definition) is 0. The molecule has 0 unspecified atom stereocenters. The zero-order valence-electron chi connectivity index (χ0n) is 9.65.